The molecule has 1 atom stereocenters. The molecule has 1 aromatic rings. The fourth-order valence-electron chi connectivity index (χ4n) is 2.36. The summed E-state index contributed by atoms with van der Waals surface area (Å²) in [5, 5.41) is 17.3. The molecule has 1 fully saturated rings. The van der Waals surface area contributed by atoms with Crippen molar-refractivity contribution < 1.29 is 5.11 Å². The van der Waals surface area contributed by atoms with E-state index in [1.807, 2.05) is 18.7 Å². The van der Waals surface area contributed by atoms with E-state index in [9.17, 15) is 5.11 Å². The Morgan fingerprint density at radius 2 is 2.38 bits per heavy atom. The Morgan fingerprint density at radius 3 is 2.81 bits per heavy atom. The first kappa shape index (κ1) is 12.1. The molecule has 90 valence electrons. The summed E-state index contributed by atoms with van der Waals surface area (Å²) in [6.07, 6.45) is 1.90. The SMILES string of the molecule is Cc1nn(C)c(CC2(CO)CCNC2)c1Br. The summed E-state index contributed by atoms with van der Waals surface area (Å²) in [6.45, 7) is 4.11. The van der Waals surface area contributed by atoms with Crippen molar-refractivity contribution in [1.29, 1.82) is 0 Å². The number of aryl methyl sites for hydroxylation is 2. The van der Waals surface area contributed by atoms with Crippen LogP contribution < -0.4 is 5.32 Å². The highest BCUT2D eigenvalue weighted by molar-refractivity contribution is 9.10. The van der Waals surface area contributed by atoms with E-state index in [0.29, 0.717) is 0 Å². The van der Waals surface area contributed by atoms with E-state index in [1.54, 1.807) is 0 Å². The van der Waals surface area contributed by atoms with Crippen LogP contribution in [0.5, 0.6) is 0 Å². The molecule has 2 rings (SSSR count). The van der Waals surface area contributed by atoms with Crippen LogP contribution in [0.15, 0.2) is 4.47 Å². The fraction of sp³-hybridized carbons (Fsp3) is 0.727. The monoisotopic (exact) mass is 287 g/mol. The summed E-state index contributed by atoms with van der Waals surface area (Å²) in [6, 6.07) is 0. The van der Waals surface area contributed by atoms with Gasteiger partial charge in [0.05, 0.1) is 22.5 Å². The number of nitrogens with one attached hydrogen (secondary N) is 1. The van der Waals surface area contributed by atoms with Crippen LogP contribution in [0.4, 0.5) is 0 Å². The lowest BCUT2D eigenvalue weighted by Gasteiger charge is -2.25. The van der Waals surface area contributed by atoms with Crippen LogP contribution in [0.3, 0.4) is 0 Å². The molecular formula is C11H18BrN3O. The van der Waals surface area contributed by atoms with Gasteiger partial charge < -0.3 is 10.4 Å². The summed E-state index contributed by atoms with van der Waals surface area (Å²) in [4.78, 5) is 0. The van der Waals surface area contributed by atoms with Gasteiger partial charge in [0, 0.05) is 19.0 Å². The molecule has 2 N–H and O–H groups in total. The highest BCUT2D eigenvalue weighted by Crippen LogP contribution is 2.32. The average Bonchev–Trinajstić information content (AvgIpc) is 2.81. The minimum Gasteiger partial charge on any atom is -0.396 e. The number of aliphatic hydroxyl groups excluding tert-OH is 1. The first-order valence-electron chi connectivity index (χ1n) is 5.57. The number of aromatic nitrogens is 2. The third-order valence-corrected chi connectivity index (χ3v) is 4.50. The number of aliphatic hydroxyl groups is 1. The Hall–Kier alpha value is -0.390. The van der Waals surface area contributed by atoms with E-state index >= 15 is 0 Å². The van der Waals surface area contributed by atoms with Crippen molar-refractivity contribution >= 4 is 15.9 Å². The third-order valence-electron chi connectivity index (χ3n) is 3.47. The van der Waals surface area contributed by atoms with Gasteiger partial charge in [-0.1, -0.05) is 0 Å². The van der Waals surface area contributed by atoms with Crippen molar-refractivity contribution in [2.24, 2.45) is 12.5 Å². The van der Waals surface area contributed by atoms with Crippen LogP contribution in [-0.4, -0.2) is 34.6 Å². The maximum Gasteiger partial charge on any atom is 0.0738 e. The van der Waals surface area contributed by atoms with E-state index in [2.05, 4.69) is 26.3 Å². The first-order valence-corrected chi connectivity index (χ1v) is 6.37. The maximum absolute atomic E-state index is 9.58. The van der Waals surface area contributed by atoms with Crippen molar-refractivity contribution in [3.63, 3.8) is 0 Å². The second-order valence-corrected chi connectivity index (χ2v) is 5.52. The number of rotatable bonds is 3. The molecule has 16 heavy (non-hydrogen) atoms. The van der Waals surface area contributed by atoms with E-state index in [-0.39, 0.29) is 12.0 Å². The van der Waals surface area contributed by atoms with E-state index in [0.717, 1.165) is 36.1 Å². The standard InChI is InChI=1S/C11H18BrN3O/c1-8-10(12)9(15(2)14-8)5-11(7-16)3-4-13-6-11/h13,16H,3-7H2,1-2H3. The normalized spacial score (nSPS) is 25.2. The predicted octanol–water partition coefficient (Wildman–Crippen LogP) is 1.01. The Balaban J connectivity index is 2.25. The number of hydrogen-bond donors (Lipinski definition) is 2. The maximum atomic E-state index is 9.58. The number of hydrogen-bond acceptors (Lipinski definition) is 3. The summed E-state index contributed by atoms with van der Waals surface area (Å²) >= 11 is 3.58. The third kappa shape index (κ3) is 2.04. The zero-order valence-electron chi connectivity index (χ0n) is 9.76. The molecular weight excluding hydrogens is 270 g/mol. The van der Waals surface area contributed by atoms with Gasteiger partial charge in [0.15, 0.2) is 0 Å². The quantitative estimate of drug-likeness (QED) is 0.872. The van der Waals surface area contributed by atoms with Crippen LogP contribution in [0.1, 0.15) is 17.8 Å². The highest BCUT2D eigenvalue weighted by Gasteiger charge is 2.35. The molecule has 1 aliphatic rings. The number of halogens is 1. The minimum absolute atomic E-state index is 0.0112. The van der Waals surface area contributed by atoms with Gasteiger partial charge in [-0.25, -0.2) is 0 Å². The zero-order chi connectivity index (χ0) is 11.8. The Morgan fingerprint density at radius 1 is 1.62 bits per heavy atom. The van der Waals surface area contributed by atoms with Gasteiger partial charge in [-0.2, -0.15) is 5.10 Å². The molecule has 1 unspecified atom stereocenters. The molecule has 0 aromatic carbocycles. The van der Waals surface area contributed by atoms with Crippen molar-refractivity contribution in [3.05, 3.63) is 15.9 Å². The van der Waals surface area contributed by atoms with E-state index < -0.39 is 0 Å². The molecule has 0 saturated carbocycles. The molecule has 0 radical (unpaired) electrons. The van der Waals surface area contributed by atoms with Crippen molar-refractivity contribution in [2.75, 3.05) is 19.7 Å². The molecule has 1 aliphatic heterocycles. The van der Waals surface area contributed by atoms with Crippen molar-refractivity contribution in [3.8, 4) is 0 Å². The topological polar surface area (TPSA) is 50.1 Å². The molecule has 5 heteroatoms. The van der Waals surface area contributed by atoms with Crippen LogP contribution in [0.2, 0.25) is 0 Å². The van der Waals surface area contributed by atoms with Crippen LogP contribution in [0, 0.1) is 12.3 Å². The Labute approximate surface area is 104 Å². The van der Waals surface area contributed by atoms with Crippen molar-refractivity contribution in [2.45, 2.75) is 19.8 Å². The van der Waals surface area contributed by atoms with Gasteiger partial charge in [-0.3, -0.25) is 4.68 Å². The van der Waals surface area contributed by atoms with Gasteiger partial charge in [0.1, 0.15) is 0 Å². The average molecular weight is 288 g/mol. The van der Waals surface area contributed by atoms with Crippen LogP contribution in [0.25, 0.3) is 0 Å². The van der Waals surface area contributed by atoms with Gasteiger partial charge in [-0.15, -0.1) is 0 Å². The molecule has 1 aromatic heterocycles. The zero-order valence-corrected chi connectivity index (χ0v) is 11.3. The van der Waals surface area contributed by atoms with Crippen LogP contribution >= 0.6 is 15.9 Å². The minimum atomic E-state index is -0.0112. The fourth-order valence-corrected chi connectivity index (χ4v) is 2.84. The Bertz CT molecular complexity index is 383. The summed E-state index contributed by atoms with van der Waals surface area (Å²) in [5.74, 6) is 0. The molecule has 1 saturated heterocycles. The van der Waals surface area contributed by atoms with Gasteiger partial charge >= 0.3 is 0 Å². The Kier molecular flexibility index (Phi) is 3.37. The highest BCUT2D eigenvalue weighted by atomic mass is 79.9. The first-order chi connectivity index (χ1) is 7.58. The van der Waals surface area contributed by atoms with Crippen LogP contribution in [-0.2, 0) is 13.5 Å². The lowest BCUT2D eigenvalue weighted by Crippen LogP contribution is -2.31. The van der Waals surface area contributed by atoms with E-state index in [4.69, 9.17) is 0 Å². The molecule has 0 spiro atoms. The molecule has 2 heterocycles. The summed E-state index contributed by atoms with van der Waals surface area (Å²) in [7, 11) is 1.96. The van der Waals surface area contributed by atoms with Crippen molar-refractivity contribution in [1.82, 2.24) is 15.1 Å². The molecule has 0 aliphatic carbocycles. The lowest BCUT2D eigenvalue weighted by atomic mass is 9.83. The molecule has 0 amide bonds. The van der Waals surface area contributed by atoms with Gasteiger partial charge in [0.25, 0.3) is 0 Å². The van der Waals surface area contributed by atoms with Gasteiger partial charge in [0.2, 0.25) is 0 Å². The lowest BCUT2D eigenvalue weighted by molar-refractivity contribution is 0.140. The van der Waals surface area contributed by atoms with E-state index in [1.165, 1.54) is 5.69 Å². The molecule has 4 nitrogen and oxygen atoms in total. The summed E-state index contributed by atoms with van der Waals surface area (Å²) < 4.78 is 2.99. The largest absolute Gasteiger partial charge is 0.396 e. The smallest absolute Gasteiger partial charge is 0.0738 e. The molecule has 0 bridgehead atoms. The van der Waals surface area contributed by atoms with Gasteiger partial charge in [-0.05, 0) is 42.2 Å². The number of nitrogens with zero attached hydrogens (tertiary/aromatic N) is 2. The second kappa shape index (κ2) is 4.47. The predicted molar refractivity (Wildman–Crippen MR) is 66.4 cm³/mol. The summed E-state index contributed by atoms with van der Waals surface area (Å²) in [5.41, 5.74) is 2.18. The second-order valence-electron chi connectivity index (χ2n) is 4.73.